The number of aliphatic imine (C=N–C) groups is 1. The molecule has 1 aromatic heterocycles. The number of fused-ring (bicyclic) bond motifs is 1. The molecular formula is C19H20N2. The maximum Gasteiger partial charge on any atom is 0.0456 e. The Morgan fingerprint density at radius 1 is 0.905 bits per heavy atom. The van der Waals surface area contributed by atoms with Gasteiger partial charge < -0.3 is 4.98 Å². The van der Waals surface area contributed by atoms with E-state index in [-0.39, 0.29) is 0 Å². The van der Waals surface area contributed by atoms with Crippen molar-refractivity contribution in [3.05, 3.63) is 71.9 Å². The molecule has 2 heteroatoms. The summed E-state index contributed by atoms with van der Waals surface area (Å²) in [5.74, 6) is 0. The Balaban J connectivity index is 1.46. The smallest absolute Gasteiger partial charge is 0.0456 e. The van der Waals surface area contributed by atoms with Crippen molar-refractivity contribution in [3.8, 4) is 0 Å². The van der Waals surface area contributed by atoms with Crippen LogP contribution in [0.1, 0.15) is 17.5 Å². The topological polar surface area (TPSA) is 28.1 Å². The molecule has 0 amide bonds. The van der Waals surface area contributed by atoms with Gasteiger partial charge in [-0.1, -0.05) is 48.5 Å². The first-order chi connectivity index (χ1) is 10.4. The SMILES string of the molecule is C(CCc1ccccc1)=NCCc1c[nH]c2ccccc12. The zero-order valence-electron chi connectivity index (χ0n) is 12.1. The molecule has 3 aromatic rings. The van der Waals surface area contributed by atoms with Gasteiger partial charge in [0.05, 0.1) is 0 Å². The van der Waals surface area contributed by atoms with Crippen LogP contribution in [0.15, 0.2) is 65.8 Å². The van der Waals surface area contributed by atoms with Gasteiger partial charge in [0, 0.05) is 23.6 Å². The van der Waals surface area contributed by atoms with Crippen LogP contribution in [-0.2, 0) is 12.8 Å². The minimum atomic E-state index is 0.858. The van der Waals surface area contributed by atoms with Gasteiger partial charge in [0.1, 0.15) is 0 Å². The predicted octanol–water partition coefficient (Wildman–Crippen LogP) is 4.41. The zero-order chi connectivity index (χ0) is 14.3. The highest BCUT2D eigenvalue weighted by atomic mass is 14.7. The van der Waals surface area contributed by atoms with E-state index in [1.165, 1.54) is 22.0 Å². The molecule has 0 bridgehead atoms. The molecule has 106 valence electrons. The van der Waals surface area contributed by atoms with Crippen LogP contribution in [0.5, 0.6) is 0 Å². The number of para-hydroxylation sites is 1. The van der Waals surface area contributed by atoms with Crippen molar-refractivity contribution in [1.82, 2.24) is 4.98 Å². The van der Waals surface area contributed by atoms with Crippen LogP contribution in [0.4, 0.5) is 0 Å². The van der Waals surface area contributed by atoms with Crippen LogP contribution in [0, 0.1) is 0 Å². The lowest BCUT2D eigenvalue weighted by molar-refractivity contribution is 0.963. The summed E-state index contributed by atoms with van der Waals surface area (Å²) in [6.07, 6.45) is 7.23. The standard InChI is InChI=1S/C19H20N2/c1-2-7-16(8-3-1)9-6-13-20-14-12-17-15-21-19-11-5-4-10-18(17)19/h1-5,7-8,10-11,13,15,21H,6,9,12,14H2. The van der Waals surface area contributed by atoms with Crippen LogP contribution in [0.2, 0.25) is 0 Å². The summed E-state index contributed by atoms with van der Waals surface area (Å²) in [6.45, 7) is 0.858. The van der Waals surface area contributed by atoms with Gasteiger partial charge in [0.25, 0.3) is 0 Å². The number of benzene rings is 2. The molecule has 2 nitrogen and oxygen atoms in total. The average Bonchev–Trinajstić information content (AvgIpc) is 2.95. The molecule has 2 aromatic carbocycles. The first kappa shape index (κ1) is 13.6. The second-order valence-electron chi connectivity index (χ2n) is 5.22. The Bertz CT molecular complexity index is 711. The van der Waals surface area contributed by atoms with E-state index in [1.807, 2.05) is 0 Å². The van der Waals surface area contributed by atoms with Crippen LogP contribution in [0.25, 0.3) is 10.9 Å². The van der Waals surface area contributed by atoms with E-state index in [9.17, 15) is 0 Å². The molecule has 0 aliphatic rings. The average molecular weight is 276 g/mol. The van der Waals surface area contributed by atoms with Crippen molar-refractivity contribution in [2.45, 2.75) is 19.3 Å². The summed E-state index contributed by atoms with van der Waals surface area (Å²) in [4.78, 5) is 7.84. The minimum Gasteiger partial charge on any atom is -0.361 e. The van der Waals surface area contributed by atoms with Crippen molar-refractivity contribution >= 4 is 17.1 Å². The van der Waals surface area contributed by atoms with Gasteiger partial charge in [-0.15, -0.1) is 0 Å². The van der Waals surface area contributed by atoms with Gasteiger partial charge in [-0.3, -0.25) is 4.99 Å². The number of aromatic nitrogens is 1. The lowest BCUT2D eigenvalue weighted by atomic mass is 10.1. The second-order valence-corrected chi connectivity index (χ2v) is 5.22. The predicted molar refractivity (Wildman–Crippen MR) is 90.1 cm³/mol. The summed E-state index contributed by atoms with van der Waals surface area (Å²) >= 11 is 0. The molecule has 0 atom stereocenters. The van der Waals surface area contributed by atoms with Gasteiger partial charge in [-0.05, 0) is 42.7 Å². The zero-order valence-corrected chi connectivity index (χ0v) is 12.1. The van der Waals surface area contributed by atoms with Crippen molar-refractivity contribution in [2.24, 2.45) is 4.99 Å². The Kier molecular flexibility index (Phi) is 4.47. The van der Waals surface area contributed by atoms with Crippen LogP contribution >= 0.6 is 0 Å². The molecule has 21 heavy (non-hydrogen) atoms. The van der Waals surface area contributed by atoms with E-state index in [0.717, 1.165) is 25.8 Å². The van der Waals surface area contributed by atoms with Crippen molar-refractivity contribution in [1.29, 1.82) is 0 Å². The van der Waals surface area contributed by atoms with Gasteiger partial charge >= 0.3 is 0 Å². The van der Waals surface area contributed by atoms with Crippen molar-refractivity contribution in [2.75, 3.05) is 6.54 Å². The fourth-order valence-corrected chi connectivity index (χ4v) is 2.58. The molecule has 1 N–H and O–H groups in total. The quantitative estimate of drug-likeness (QED) is 0.646. The number of rotatable bonds is 6. The summed E-state index contributed by atoms with van der Waals surface area (Å²) < 4.78 is 0. The van der Waals surface area contributed by atoms with Crippen molar-refractivity contribution < 1.29 is 0 Å². The Morgan fingerprint density at radius 3 is 2.62 bits per heavy atom. The minimum absolute atomic E-state index is 0.858. The number of aryl methyl sites for hydroxylation is 1. The molecule has 0 aliphatic heterocycles. The first-order valence-electron chi connectivity index (χ1n) is 7.51. The van der Waals surface area contributed by atoms with E-state index in [4.69, 9.17) is 0 Å². The summed E-state index contributed by atoms with van der Waals surface area (Å²) in [5.41, 5.74) is 3.94. The largest absolute Gasteiger partial charge is 0.361 e. The number of aromatic amines is 1. The molecule has 1 heterocycles. The molecular weight excluding hydrogens is 256 g/mol. The van der Waals surface area contributed by atoms with E-state index in [2.05, 4.69) is 77.0 Å². The monoisotopic (exact) mass is 276 g/mol. The summed E-state index contributed by atoms with van der Waals surface area (Å²) in [5, 5.41) is 1.32. The van der Waals surface area contributed by atoms with Crippen molar-refractivity contribution in [3.63, 3.8) is 0 Å². The molecule has 0 fully saturated rings. The third-order valence-electron chi connectivity index (χ3n) is 3.72. The molecule has 3 rings (SSSR count). The third-order valence-corrected chi connectivity index (χ3v) is 3.72. The van der Waals surface area contributed by atoms with Gasteiger partial charge in [-0.25, -0.2) is 0 Å². The highest BCUT2D eigenvalue weighted by Crippen LogP contribution is 2.17. The fraction of sp³-hybridized carbons (Fsp3) is 0.211. The maximum atomic E-state index is 4.53. The number of H-pyrrole nitrogens is 1. The Hall–Kier alpha value is -2.35. The molecule has 0 saturated heterocycles. The molecule has 0 unspecified atom stereocenters. The van der Waals surface area contributed by atoms with E-state index in [1.54, 1.807) is 0 Å². The molecule has 0 spiro atoms. The van der Waals surface area contributed by atoms with Crippen LogP contribution < -0.4 is 0 Å². The van der Waals surface area contributed by atoms with Crippen LogP contribution in [-0.4, -0.2) is 17.7 Å². The lowest BCUT2D eigenvalue weighted by Crippen LogP contribution is -1.90. The van der Waals surface area contributed by atoms with Gasteiger partial charge in [0.2, 0.25) is 0 Å². The summed E-state index contributed by atoms with van der Waals surface area (Å²) in [7, 11) is 0. The Morgan fingerprint density at radius 2 is 1.71 bits per heavy atom. The Labute approximate surface area is 125 Å². The second kappa shape index (κ2) is 6.89. The van der Waals surface area contributed by atoms with Gasteiger partial charge in [-0.2, -0.15) is 0 Å². The highest BCUT2D eigenvalue weighted by molar-refractivity contribution is 5.83. The van der Waals surface area contributed by atoms with E-state index >= 15 is 0 Å². The number of nitrogens with one attached hydrogen (secondary N) is 1. The lowest BCUT2D eigenvalue weighted by Gasteiger charge is -1.97. The van der Waals surface area contributed by atoms with Gasteiger partial charge in [0.15, 0.2) is 0 Å². The fourth-order valence-electron chi connectivity index (χ4n) is 2.58. The van der Waals surface area contributed by atoms with Crippen LogP contribution in [0.3, 0.4) is 0 Å². The number of hydrogen-bond donors (Lipinski definition) is 1. The van der Waals surface area contributed by atoms with E-state index < -0.39 is 0 Å². The first-order valence-corrected chi connectivity index (χ1v) is 7.51. The molecule has 0 saturated carbocycles. The maximum absolute atomic E-state index is 4.53. The number of nitrogens with zero attached hydrogens (tertiary/aromatic N) is 1. The third kappa shape index (κ3) is 3.60. The van der Waals surface area contributed by atoms with E-state index in [0.29, 0.717) is 0 Å². The normalized spacial score (nSPS) is 11.4. The number of hydrogen-bond acceptors (Lipinski definition) is 1. The highest BCUT2D eigenvalue weighted by Gasteiger charge is 2.01. The molecule has 0 aliphatic carbocycles. The molecule has 0 radical (unpaired) electrons. The summed E-state index contributed by atoms with van der Waals surface area (Å²) in [6, 6.07) is 19.0.